The van der Waals surface area contributed by atoms with Crippen molar-refractivity contribution < 1.29 is 37.0 Å². The maximum atomic E-state index is 12.6. The first-order valence-corrected chi connectivity index (χ1v) is 11.1. The van der Waals surface area contributed by atoms with E-state index in [4.69, 9.17) is 18.9 Å². The number of amides is 2. The normalized spacial score (nSPS) is 11.8. The molecular formula is C21H26N2O8S. The molecule has 1 unspecified atom stereocenters. The van der Waals surface area contributed by atoms with Gasteiger partial charge in [0.05, 0.1) is 28.4 Å². The van der Waals surface area contributed by atoms with E-state index in [0.29, 0.717) is 34.4 Å². The Kier molecular flexibility index (Phi) is 8.30. The van der Waals surface area contributed by atoms with Crippen LogP contribution < -0.4 is 29.6 Å². The van der Waals surface area contributed by atoms with E-state index in [2.05, 4.69) is 10.6 Å². The second kappa shape index (κ2) is 10.7. The first-order valence-electron chi connectivity index (χ1n) is 9.41. The molecule has 174 valence electrons. The van der Waals surface area contributed by atoms with Crippen molar-refractivity contribution >= 4 is 33.0 Å². The van der Waals surface area contributed by atoms with Gasteiger partial charge in [-0.1, -0.05) is 0 Å². The minimum Gasteiger partial charge on any atom is -0.493 e. The van der Waals surface area contributed by atoms with Crippen molar-refractivity contribution in [3.8, 4) is 23.0 Å². The number of rotatable bonds is 10. The summed E-state index contributed by atoms with van der Waals surface area (Å²) in [5, 5.41) is 3.52. The maximum Gasteiger partial charge on any atom is 0.242 e. The van der Waals surface area contributed by atoms with E-state index in [1.54, 1.807) is 24.3 Å². The highest BCUT2D eigenvalue weighted by atomic mass is 32.2. The first kappa shape index (κ1) is 24.8. The van der Waals surface area contributed by atoms with Crippen molar-refractivity contribution in [3.63, 3.8) is 0 Å². The minimum absolute atomic E-state index is 0.324. The van der Waals surface area contributed by atoms with Crippen molar-refractivity contribution in [2.45, 2.75) is 12.2 Å². The third kappa shape index (κ3) is 6.03. The number of nitrogens with one attached hydrogen (secondary N) is 2. The molecule has 0 spiro atoms. The van der Waals surface area contributed by atoms with Crippen LogP contribution in [0.2, 0.25) is 0 Å². The molecule has 0 bridgehead atoms. The molecule has 0 saturated carbocycles. The average molecular weight is 467 g/mol. The number of carbonyl (C=O) groups is 2. The summed E-state index contributed by atoms with van der Waals surface area (Å²) in [6, 6.07) is 9.23. The van der Waals surface area contributed by atoms with Gasteiger partial charge in [0.15, 0.2) is 32.8 Å². The molecule has 2 amide bonds. The number of hydrogen-bond acceptors (Lipinski definition) is 8. The van der Waals surface area contributed by atoms with Crippen LogP contribution in [0, 0.1) is 0 Å². The van der Waals surface area contributed by atoms with Gasteiger partial charge in [-0.05, 0) is 31.2 Å². The minimum atomic E-state index is -4.09. The van der Waals surface area contributed by atoms with Gasteiger partial charge in [0.25, 0.3) is 0 Å². The number of anilines is 2. The zero-order valence-corrected chi connectivity index (χ0v) is 19.2. The lowest BCUT2D eigenvalue weighted by atomic mass is 10.2. The van der Waals surface area contributed by atoms with Crippen LogP contribution in [0.25, 0.3) is 0 Å². The Balaban J connectivity index is 2.05. The van der Waals surface area contributed by atoms with Crippen LogP contribution in [0.4, 0.5) is 11.4 Å². The molecule has 0 aromatic heterocycles. The van der Waals surface area contributed by atoms with E-state index in [9.17, 15) is 18.0 Å². The van der Waals surface area contributed by atoms with Crippen LogP contribution in [-0.4, -0.2) is 59.7 Å². The van der Waals surface area contributed by atoms with Crippen LogP contribution >= 0.6 is 0 Å². The Labute approximate surface area is 186 Å². The van der Waals surface area contributed by atoms with E-state index in [1.807, 2.05) is 0 Å². The lowest BCUT2D eigenvalue weighted by Gasteiger charge is -2.15. The second-order valence-electron chi connectivity index (χ2n) is 6.63. The standard InChI is InChI=1S/C21H26N2O8S/c1-13(21(25)23-15-7-9-17(29-3)19(11-15)31-5)32(26,27)12-20(24)22-14-6-8-16(28-2)18(10-14)30-4/h6-11,13H,12H2,1-5H3,(H,22,24)(H,23,25). The fourth-order valence-electron chi connectivity index (χ4n) is 2.74. The lowest BCUT2D eigenvalue weighted by molar-refractivity contribution is -0.115. The highest BCUT2D eigenvalue weighted by Crippen LogP contribution is 2.30. The monoisotopic (exact) mass is 466 g/mol. The molecule has 2 aromatic carbocycles. The largest absolute Gasteiger partial charge is 0.493 e. The average Bonchev–Trinajstić information content (AvgIpc) is 2.77. The van der Waals surface area contributed by atoms with E-state index in [0.717, 1.165) is 0 Å². The van der Waals surface area contributed by atoms with Gasteiger partial charge in [-0.15, -0.1) is 0 Å². The maximum absolute atomic E-state index is 12.6. The summed E-state index contributed by atoms with van der Waals surface area (Å²) in [4.78, 5) is 24.8. The van der Waals surface area contributed by atoms with Gasteiger partial charge >= 0.3 is 0 Å². The lowest BCUT2D eigenvalue weighted by Crippen LogP contribution is -2.37. The first-order chi connectivity index (χ1) is 15.1. The molecule has 0 aliphatic rings. The van der Waals surface area contributed by atoms with Crippen molar-refractivity contribution in [2.24, 2.45) is 0 Å². The van der Waals surface area contributed by atoms with Gasteiger partial charge in [-0.25, -0.2) is 8.42 Å². The molecular weight excluding hydrogens is 440 g/mol. The molecule has 2 N–H and O–H groups in total. The molecule has 2 rings (SSSR count). The van der Waals surface area contributed by atoms with E-state index < -0.39 is 32.7 Å². The highest BCUT2D eigenvalue weighted by molar-refractivity contribution is 7.93. The van der Waals surface area contributed by atoms with Gasteiger partial charge < -0.3 is 29.6 Å². The van der Waals surface area contributed by atoms with Gasteiger partial charge in [-0.2, -0.15) is 0 Å². The van der Waals surface area contributed by atoms with Crippen LogP contribution in [0.1, 0.15) is 6.92 Å². The van der Waals surface area contributed by atoms with Crippen LogP contribution in [0.5, 0.6) is 23.0 Å². The van der Waals surface area contributed by atoms with Gasteiger partial charge in [0, 0.05) is 23.5 Å². The SMILES string of the molecule is COc1ccc(NC(=O)CS(=O)(=O)C(C)C(=O)Nc2ccc(OC)c(OC)c2)cc1OC. The van der Waals surface area contributed by atoms with Crippen LogP contribution in [0.3, 0.4) is 0 Å². The second-order valence-corrected chi connectivity index (χ2v) is 8.95. The number of methoxy groups -OCH3 is 4. The molecule has 1 atom stereocenters. The zero-order valence-electron chi connectivity index (χ0n) is 18.4. The van der Waals surface area contributed by atoms with Gasteiger partial charge in [0.2, 0.25) is 11.8 Å². The van der Waals surface area contributed by atoms with Gasteiger partial charge in [0.1, 0.15) is 11.0 Å². The zero-order chi connectivity index (χ0) is 23.9. The summed E-state index contributed by atoms with van der Waals surface area (Å²) in [6.07, 6.45) is 0. The predicted molar refractivity (Wildman–Crippen MR) is 120 cm³/mol. The van der Waals surface area contributed by atoms with E-state index >= 15 is 0 Å². The molecule has 2 aromatic rings. The molecule has 0 aliphatic carbocycles. The number of benzene rings is 2. The van der Waals surface area contributed by atoms with Crippen molar-refractivity contribution in [1.29, 1.82) is 0 Å². The summed E-state index contributed by atoms with van der Waals surface area (Å²) in [5.74, 6) is -0.788. The molecule has 0 saturated heterocycles. The quantitative estimate of drug-likeness (QED) is 0.545. The Morgan fingerprint density at radius 1 is 0.781 bits per heavy atom. The number of sulfone groups is 1. The molecule has 0 heterocycles. The Morgan fingerprint density at radius 2 is 1.22 bits per heavy atom. The van der Waals surface area contributed by atoms with Crippen molar-refractivity contribution in [3.05, 3.63) is 36.4 Å². The smallest absolute Gasteiger partial charge is 0.242 e. The van der Waals surface area contributed by atoms with E-state index in [-0.39, 0.29) is 0 Å². The number of carbonyl (C=O) groups excluding carboxylic acids is 2. The topological polar surface area (TPSA) is 129 Å². The predicted octanol–water partition coefficient (Wildman–Crippen LogP) is 2.10. The Hall–Kier alpha value is -3.47. The Bertz CT molecular complexity index is 1090. The summed E-state index contributed by atoms with van der Waals surface area (Å²) in [7, 11) is 1.72. The summed E-state index contributed by atoms with van der Waals surface area (Å²) in [5.41, 5.74) is 0.648. The fourth-order valence-corrected chi connectivity index (χ4v) is 3.81. The van der Waals surface area contributed by atoms with Crippen LogP contribution in [-0.2, 0) is 19.4 Å². The molecule has 0 aliphatic heterocycles. The number of hydrogen-bond donors (Lipinski definition) is 2. The molecule has 0 radical (unpaired) electrons. The Morgan fingerprint density at radius 3 is 1.66 bits per heavy atom. The van der Waals surface area contributed by atoms with Crippen molar-refractivity contribution in [1.82, 2.24) is 0 Å². The summed E-state index contributed by atoms with van der Waals surface area (Å²) < 4.78 is 45.8. The van der Waals surface area contributed by atoms with E-state index in [1.165, 1.54) is 47.5 Å². The highest BCUT2D eigenvalue weighted by Gasteiger charge is 2.30. The van der Waals surface area contributed by atoms with Crippen LogP contribution in [0.15, 0.2) is 36.4 Å². The molecule has 0 fully saturated rings. The number of ether oxygens (including phenoxy) is 4. The molecule has 32 heavy (non-hydrogen) atoms. The molecule has 10 nitrogen and oxygen atoms in total. The van der Waals surface area contributed by atoms with Crippen molar-refractivity contribution in [2.75, 3.05) is 44.8 Å². The fraction of sp³-hybridized carbons (Fsp3) is 0.333. The summed E-state index contributed by atoms with van der Waals surface area (Å²) >= 11 is 0. The third-order valence-electron chi connectivity index (χ3n) is 4.56. The molecule has 11 heteroatoms. The third-order valence-corrected chi connectivity index (χ3v) is 6.51. The summed E-state index contributed by atoms with van der Waals surface area (Å²) in [6.45, 7) is 1.22. The van der Waals surface area contributed by atoms with Gasteiger partial charge in [-0.3, -0.25) is 9.59 Å².